The number of aromatic nitrogens is 2. The highest BCUT2D eigenvalue weighted by Gasteiger charge is 2.20. The van der Waals surface area contributed by atoms with Crippen molar-refractivity contribution in [3.8, 4) is 16.9 Å². The number of rotatable bonds is 6. The molecule has 0 aliphatic heterocycles. The van der Waals surface area contributed by atoms with Crippen LogP contribution in [0.5, 0.6) is 0 Å². The maximum atomic E-state index is 12.5. The van der Waals surface area contributed by atoms with Gasteiger partial charge in [-0.15, -0.1) is 0 Å². The van der Waals surface area contributed by atoms with Gasteiger partial charge in [0.15, 0.2) is 6.61 Å². The van der Waals surface area contributed by atoms with Gasteiger partial charge in [-0.05, 0) is 23.6 Å². The highest BCUT2D eigenvalue weighted by Crippen LogP contribution is 2.26. The molecule has 3 aromatic rings. The Bertz CT molecular complexity index is 945. The van der Waals surface area contributed by atoms with E-state index in [0.717, 1.165) is 11.3 Å². The van der Waals surface area contributed by atoms with Crippen molar-refractivity contribution in [3.63, 3.8) is 0 Å². The van der Waals surface area contributed by atoms with Crippen LogP contribution in [0.4, 0.5) is 0 Å². The van der Waals surface area contributed by atoms with Gasteiger partial charge < -0.3 is 10.5 Å². The smallest absolute Gasteiger partial charge is 0.342 e. The standard InChI is InChI=1S/C21H21N3O3/c1-14(2)15-8-10-16(11-9-15)20-18(21(26)27-13-19(22)25)12-24(23-20)17-6-4-3-5-7-17/h3-12,14H,13H2,1-2H3,(H2,22,25). The normalized spacial score (nSPS) is 10.8. The Morgan fingerprint density at radius 1 is 1.07 bits per heavy atom. The number of primary amides is 1. The van der Waals surface area contributed by atoms with Crippen LogP contribution >= 0.6 is 0 Å². The molecule has 1 heterocycles. The zero-order valence-electron chi connectivity index (χ0n) is 15.3. The third-order valence-electron chi connectivity index (χ3n) is 4.15. The Morgan fingerprint density at radius 2 is 1.74 bits per heavy atom. The molecule has 0 saturated carbocycles. The highest BCUT2D eigenvalue weighted by atomic mass is 16.5. The average Bonchev–Trinajstić information content (AvgIpc) is 3.12. The van der Waals surface area contributed by atoms with Crippen LogP contribution in [-0.2, 0) is 9.53 Å². The van der Waals surface area contributed by atoms with E-state index in [1.54, 1.807) is 10.9 Å². The molecule has 1 amide bonds. The van der Waals surface area contributed by atoms with Gasteiger partial charge in [0.05, 0.1) is 5.69 Å². The van der Waals surface area contributed by atoms with Crippen LogP contribution < -0.4 is 5.73 Å². The molecule has 1 aromatic heterocycles. The molecule has 0 bridgehead atoms. The molecule has 0 fully saturated rings. The van der Waals surface area contributed by atoms with Crippen LogP contribution in [0.15, 0.2) is 60.8 Å². The summed E-state index contributed by atoms with van der Waals surface area (Å²) in [6, 6.07) is 17.3. The van der Waals surface area contributed by atoms with Crippen LogP contribution in [-0.4, -0.2) is 28.3 Å². The van der Waals surface area contributed by atoms with Gasteiger partial charge in [0.1, 0.15) is 11.3 Å². The van der Waals surface area contributed by atoms with Gasteiger partial charge >= 0.3 is 5.97 Å². The van der Waals surface area contributed by atoms with Gasteiger partial charge in [-0.2, -0.15) is 5.10 Å². The van der Waals surface area contributed by atoms with Crippen molar-refractivity contribution in [3.05, 3.63) is 71.9 Å². The molecule has 6 nitrogen and oxygen atoms in total. The number of amides is 1. The van der Waals surface area contributed by atoms with Gasteiger partial charge in [-0.1, -0.05) is 56.3 Å². The van der Waals surface area contributed by atoms with Gasteiger partial charge in [-0.3, -0.25) is 4.79 Å². The predicted molar refractivity (Wildman–Crippen MR) is 103 cm³/mol. The Hall–Kier alpha value is -3.41. The summed E-state index contributed by atoms with van der Waals surface area (Å²) in [4.78, 5) is 23.4. The molecule has 2 aromatic carbocycles. The number of nitrogens with zero attached hydrogens (tertiary/aromatic N) is 2. The zero-order valence-corrected chi connectivity index (χ0v) is 15.3. The molecule has 138 valence electrons. The van der Waals surface area contributed by atoms with E-state index in [9.17, 15) is 9.59 Å². The lowest BCUT2D eigenvalue weighted by molar-refractivity contribution is -0.121. The number of esters is 1. The molecule has 0 aliphatic rings. The van der Waals surface area contributed by atoms with E-state index in [0.29, 0.717) is 11.6 Å². The molecule has 0 atom stereocenters. The molecule has 0 unspecified atom stereocenters. The summed E-state index contributed by atoms with van der Waals surface area (Å²) in [5.41, 5.74) is 8.63. The van der Waals surface area contributed by atoms with Crippen LogP contribution in [0.1, 0.15) is 35.7 Å². The number of hydrogen-bond donors (Lipinski definition) is 1. The summed E-state index contributed by atoms with van der Waals surface area (Å²) in [6.45, 7) is 3.76. The zero-order chi connectivity index (χ0) is 19.4. The molecule has 0 radical (unpaired) electrons. The minimum Gasteiger partial charge on any atom is -0.452 e. The molecule has 6 heteroatoms. The first-order chi connectivity index (χ1) is 13.0. The molecule has 3 rings (SSSR count). The van der Waals surface area contributed by atoms with Gasteiger partial charge in [0.25, 0.3) is 5.91 Å². The van der Waals surface area contributed by atoms with Crippen LogP contribution in [0.3, 0.4) is 0 Å². The summed E-state index contributed by atoms with van der Waals surface area (Å²) >= 11 is 0. The van der Waals surface area contributed by atoms with E-state index >= 15 is 0 Å². The molecule has 2 N–H and O–H groups in total. The Balaban J connectivity index is 2.03. The van der Waals surface area contributed by atoms with Crippen molar-refractivity contribution < 1.29 is 14.3 Å². The van der Waals surface area contributed by atoms with Crippen molar-refractivity contribution in [2.45, 2.75) is 19.8 Å². The summed E-state index contributed by atoms with van der Waals surface area (Å²) in [5, 5.41) is 4.57. The first-order valence-corrected chi connectivity index (χ1v) is 8.66. The van der Waals surface area contributed by atoms with E-state index in [1.807, 2.05) is 54.6 Å². The number of nitrogens with two attached hydrogens (primary N) is 1. The maximum Gasteiger partial charge on any atom is 0.342 e. The average molecular weight is 363 g/mol. The number of carbonyl (C=O) groups is 2. The second-order valence-electron chi connectivity index (χ2n) is 6.49. The lowest BCUT2D eigenvalue weighted by Gasteiger charge is -2.07. The van der Waals surface area contributed by atoms with Crippen molar-refractivity contribution in [2.24, 2.45) is 5.73 Å². The van der Waals surface area contributed by atoms with Crippen LogP contribution in [0.2, 0.25) is 0 Å². The fraction of sp³-hybridized carbons (Fsp3) is 0.190. The molecule has 0 aliphatic carbocycles. The largest absolute Gasteiger partial charge is 0.452 e. The van der Waals surface area contributed by atoms with E-state index in [1.165, 1.54) is 5.56 Å². The van der Waals surface area contributed by atoms with E-state index < -0.39 is 18.5 Å². The number of ether oxygens (including phenoxy) is 1. The minimum absolute atomic E-state index is 0.275. The molecular weight excluding hydrogens is 342 g/mol. The quantitative estimate of drug-likeness (QED) is 0.681. The lowest BCUT2D eigenvalue weighted by atomic mass is 10.00. The molecule has 0 saturated heterocycles. The van der Waals surface area contributed by atoms with E-state index in [-0.39, 0.29) is 5.56 Å². The van der Waals surface area contributed by atoms with Gasteiger partial charge in [0.2, 0.25) is 0 Å². The number of benzene rings is 2. The van der Waals surface area contributed by atoms with Crippen molar-refractivity contribution >= 4 is 11.9 Å². The van der Waals surface area contributed by atoms with Crippen molar-refractivity contribution in [1.29, 1.82) is 0 Å². The van der Waals surface area contributed by atoms with Crippen LogP contribution in [0, 0.1) is 0 Å². The van der Waals surface area contributed by atoms with Crippen LogP contribution in [0.25, 0.3) is 16.9 Å². The first-order valence-electron chi connectivity index (χ1n) is 8.66. The molecular formula is C21H21N3O3. The Kier molecular flexibility index (Phi) is 5.35. The maximum absolute atomic E-state index is 12.5. The van der Waals surface area contributed by atoms with E-state index in [2.05, 4.69) is 18.9 Å². The second kappa shape index (κ2) is 7.86. The summed E-state index contributed by atoms with van der Waals surface area (Å²) in [5.74, 6) is -0.943. The monoisotopic (exact) mass is 363 g/mol. The van der Waals surface area contributed by atoms with Crippen molar-refractivity contribution in [1.82, 2.24) is 9.78 Å². The number of para-hydroxylation sites is 1. The minimum atomic E-state index is -0.707. The summed E-state index contributed by atoms with van der Waals surface area (Å²) in [7, 11) is 0. The third kappa shape index (κ3) is 4.23. The third-order valence-corrected chi connectivity index (χ3v) is 4.15. The summed E-state index contributed by atoms with van der Waals surface area (Å²) < 4.78 is 6.61. The SMILES string of the molecule is CC(C)c1ccc(-c2nn(-c3ccccc3)cc2C(=O)OCC(N)=O)cc1. The number of carbonyl (C=O) groups excluding carboxylic acids is 2. The second-order valence-corrected chi connectivity index (χ2v) is 6.49. The Morgan fingerprint density at radius 3 is 2.33 bits per heavy atom. The fourth-order valence-corrected chi connectivity index (χ4v) is 2.69. The highest BCUT2D eigenvalue weighted by molar-refractivity contribution is 5.97. The van der Waals surface area contributed by atoms with Gasteiger partial charge in [-0.25, -0.2) is 9.48 Å². The first kappa shape index (κ1) is 18.4. The lowest BCUT2D eigenvalue weighted by Crippen LogP contribution is -2.21. The predicted octanol–water partition coefficient (Wildman–Crippen LogP) is 3.30. The number of hydrogen-bond acceptors (Lipinski definition) is 4. The van der Waals surface area contributed by atoms with Gasteiger partial charge in [0, 0.05) is 11.8 Å². The molecule has 0 spiro atoms. The van der Waals surface area contributed by atoms with E-state index in [4.69, 9.17) is 10.5 Å². The van der Waals surface area contributed by atoms with Crippen molar-refractivity contribution in [2.75, 3.05) is 6.61 Å². The topological polar surface area (TPSA) is 87.2 Å². The summed E-state index contributed by atoms with van der Waals surface area (Å²) in [6.07, 6.45) is 1.60. The Labute approximate surface area is 157 Å². The molecule has 27 heavy (non-hydrogen) atoms. The fourth-order valence-electron chi connectivity index (χ4n) is 2.69.